The number of benzene rings is 2. The van der Waals surface area contributed by atoms with Crippen LogP contribution in [0.15, 0.2) is 41.4 Å². The van der Waals surface area contributed by atoms with Gasteiger partial charge in [-0.25, -0.2) is 14.9 Å². The van der Waals surface area contributed by atoms with Crippen LogP contribution in [0.25, 0.3) is 11.1 Å². The molecule has 35 heavy (non-hydrogen) atoms. The number of guanidine groups is 1. The number of hydrogen-bond acceptors (Lipinski definition) is 7. The molecular formula is C25H29F3N4O3. The number of nitrogens with two attached hydrogens (primary N) is 2. The van der Waals surface area contributed by atoms with E-state index in [0.717, 1.165) is 25.0 Å². The summed E-state index contributed by atoms with van der Waals surface area (Å²) in [5.41, 5.74) is 11.2. The van der Waals surface area contributed by atoms with E-state index in [0.29, 0.717) is 35.5 Å². The zero-order valence-electron chi connectivity index (χ0n) is 19.9. The van der Waals surface area contributed by atoms with Crippen molar-refractivity contribution in [1.29, 1.82) is 0 Å². The molecule has 7 nitrogen and oxygen atoms in total. The van der Waals surface area contributed by atoms with Crippen molar-refractivity contribution in [2.24, 2.45) is 16.6 Å². The molecule has 3 aliphatic rings. The number of ether oxygens (including phenoxy) is 2. The van der Waals surface area contributed by atoms with Crippen LogP contribution in [0, 0.1) is 5.92 Å². The summed E-state index contributed by atoms with van der Waals surface area (Å²) in [7, 11) is 1.67. The Bertz CT molecular complexity index is 1180. The molecule has 0 amide bonds. The highest BCUT2D eigenvalue weighted by Gasteiger charge is 2.51. The Balaban J connectivity index is 1.57. The Kier molecular flexibility index (Phi) is 5.45. The highest BCUT2D eigenvalue weighted by atomic mass is 19.4. The molecule has 1 spiro atoms. The van der Waals surface area contributed by atoms with Gasteiger partial charge in [0.15, 0.2) is 0 Å². The van der Waals surface area contributed by atoms with Gasteiger partial charge in [-0.2, -0.15) is 13.2 Å². The Morgan fingerprint density at radius 2 is 1.83 bits per heavy atom. The maximum Gasteiger partial charge on any atom is 0.416 e. The van der Waals surface area contributed by atoms with E-state index in [4.69, 9.17) is 25.8 Å². The summed E-state index contributed by atoms with van der Waals surface area (Å²) >= 11 is 0. The second kappa shape index (κ2) is 8.03. The van der Waals surface area contributed by atoms with Gasteiger partial charge < -0.3 is 20.9 Å². The highest BCUT2D eigenvalue weighted by Crippen LogP contribution is 2.50. The van der Waals surface area contributed by atoms with Gasteiger partial charge in [0, 0.05) is 31.7 Å². The Hall–Kier alpha value is -2.98. The number of nitrogens with zero attached hydrogens (tertiary/aromatic N) is 2. The standard InChI is InChI=1S/C25H29F3N4O3/c1-23(2)12-15(6-7-33-23)21-13-24(31-22(30)32(3)35-24)19-10-14(4-5-20(19)34-21)16-8-17(25(26,27)28)11-18(29)9-16/h4-5,8-11,15,21H,6-7,12-13,29H2,1-3H3,(H2,30,31). The minimum atomic E-state index is -4.51. The summed E-state index contributed by atoms with van der Waals surface area (Å²) in [6.07, 6.45) is -2.62. The average molecular weight is 491 g/mol. The van der Waals surface area contributed by atoms with Crippen molar-refractivity contribution in [3.05, 3.63) is 47.5 Å². The lowest BCUT2D eigenvalue weighted by Gasteiger charge is -2.44. The summed E-state index contributed by atoms with van der Waals surface area (Å²) in [5, 5.41) is 1.41. The van der Waals surface area contributed by atoms with Gasteiger partial charge in [-0.05, 0) is 68.1 Å². The molecule has 0 aromatic heterocycles. The molecule has 2 aromatic carbocycles. The highest BCUT2D eigenvalue weighted by molar-refractivity contribution is 5.79. The van der Waals surface area contributed by atoms with Gasteiger partial charge in [0.25, 0.3) is 0 Å². The number of fused-ring (bicyclic) bond motifs is 2. The first kappa shape index (κ1) is 23.7. The third kappa shape index (κ3) is 4.40. The number of aliphatic imine (C=N–C) groups is 1. The van der Waals surface area contributed by atoms with Gasteiger partial charge >= 0.3 is 6.18 Å². The van der Waals surface area contributed by atoms with Crippen LogP contribution in [0.3, 0.4) is 0 Å². The van der Waals surface area contributed by atoms with Gasteiger partial charge in [-0.15, -0.1) is 0 Å². The van der Waals surface area contributed by atoms with Crippen LogP contribution in [0.5, 0.6) is 5.75 Å². The van der Waals surface area contributed by atoms with Gasteiger partial charge in [0.2, 0.25) is 11.7 Å². The minimum absolute atomic E-state index is 0.0276. The Morgan fingerprint density at radius 1 is 1.06 bits per heavy atom. The smallest absolute Gasteiger partial charge is 0.416 e. The zero-order valence-corrected chi connectivity index (χ0v) is 19.9. The molecule has 3 heterocycles. The molecule has 1 fully saturated rings. The summed E-state index contributed by atoms with van der Waals surface area (Å²) in [5.74, 6) is 1.01. The van der Waals surface area contributed by atoms with Gasteiger partial charge in [-0.1, -0.05) is 6.07 Å². The van der Waals surface area contributed by atoms with Crippen molar-refractivity contribution < 1.29 is 27.5 Å². The molecule has 0 bridgehead atoms. The molecule has 3 aliphatic heterocycles. The van der Waals surface area contributed by atoms with Crippen molar-refractivity contribution >= 4 is 11.6 Å². The van der Waals surface area contributed by atoms with Crippen LogP contribution in [0.1, 0.15) is 44.2 Å². The first-order valence-corrected chi connectivity index (χ1v) is 11.6. The van der Waals surface area contributed by atoms with Gasteiger partial charge in [-0.3, -0.25) is 0 Å². The molecular weight excluding hydrogens is 461 g/mol. The number of hydroxylamine groups is 2. The van der Waals surface area contributed by atoms with E-state index in [-0.39, 0.29) is 29.3 Å². The van der Waals surface area contributed by atoms with Crippen molar-refractivity contribution in [2.75, 3.05) is 19.4 Å². The second-order valence-electron chi connectivity index (χ2n) is 10.1. The van der Waals surface area contributed by atoms with E-state index >= 15 is 0 Å². The lowest BCUT2D eigenvalue weighted by Crippen LogP contribution is -2.46. The fraction of sp³-hybridized carbons (Fsp3) is 0.480. The second-order valence-corrected chi connectivity index (χ2v) is 10.1. The van der Waals surface area contributed by atoms with Crippen LogP contribution in [0.2, 0.25) is 0 Å². The first-order chi connectivity index (χ1) is 16.4. The quantitative estimate of drug-likeness (QED) is 0.595. The number of anilines is 1. The predicted molar refractivity (Wildman–Crippen MR) is 125 cm³/mol. The Labute approximate surface area is 201 Å². The SMILES string of the molecule is CN1OC2(CC(C3CCOC(C)(C)C3)Oc3ccc(-c4cc(N)cc(C(F)(F)F)c4)cc32)N=C1N. The monoisotopic (exact) mass is 490 g/mol. The van der Waals surface area contributed by atoms with Crippen LogP contribution < -0.4 is 16.2 Å². The average Bonchev–Trinajstić information content (AvgIpc) is 3.05. The number of rotatable bonds is 2. The molecule has 3 unspecified atom stereocenters. The van der Waals surface area contributed by atoms with Crippen molar-refractivity contribution in [1.82, 2.24) is 5.06 Å². The molecule has 0 aliphatic carbocycles. The van der Waals surface area contributed by atoms with Gasteiger partial charge in [0.05, 0.1) is 16.7 Å². The number of alkyl halides is 3. The number of hydrogen-bond donors (Lipinski definition) is 2. The third-order valence-corrected chi connectivity index (χ3v) is 6.94. The molecule has 4 N–H and O–H groups in total. The topological polar surface area (TPSA) is 95.3 Å². The molecule has 0 radical (unpaired) electrons. The van der Waals surface area contributed by atoms with E-state index in [1.807, 2.05) is 0 Å². The third-order valence-electron chi connectivity index (χ3n) is 6.94. The lowest BCUT2D eigenvalue weighted by molar-refractivity contribution is -0.198. The van der Waals surface area contributed by atoms with Crippen LogP contribution in [-0.4, -0.2) is 36.4 Å². The van der Waals surface area contributed by atoms with Crippen LogP contribution in [0.4, 0.5) is 18.9 Å². The molecule has 1 saturated heterocycles. The van der Waals surface area contributed by atoms with Crippen LogP contribution >= 0.6 is 0 Å². The molecule has 0 saturated carbocycles. The van der Waals surface area contributed by atoms with E-state index < -0.39 is 17.5 Å². The van der Waals surface area contributed by atoms with E-state index in [9.17, 15) is 13.2 Å². The molecule has 3 atom stereocenters. The predicted octanol–water partition coefficient (Wildman–Crippen LogP) is 4.66. The number of halogens is 3. The van der Waals surface area contributed by atoms with Crippen molar-refractivity contribution in [2.45, 2.75) is 56.7 Å². The van der Waals surface area contributed by atoms with Crippen molar-refractivity contribution in [3.63, 3.8) is 0 Å². The maximum atomic E-state index is 13.4. The fourth-order valence-corrected chi connectivity index (χ4v) is 5.29. The largest absolute Gasteiger partial charge is 0.489 e. The molecule has 10 heteroatoms. The summed E-state index contributed by atoms with van der Waals surface area (Å²) in [6, 6.07) is 8.76. The normalized spacial score (nSPS) is 27.9. The molecule has 188 valence electrons. The number of nitrogen functional groups attached to an aromatic ring is 1. The molecule has 2 aromatic rings. The first-order valence-electron chi connectivity index (χ1n) is 11.6. The van der Waals surface area contributed by atoms with Crippen molar-refractivity contribution in [3.8, 4) is 16.9 Å². The zero-order chi connectivity index (χ0) is 25.2. The Morgan fingerprint density at radius 3 is 2.49 bits per heavy atom. The minimum Gasteiger partial charge on any atom is -0.489 e. The lowest BCUT2D eigenvalue weighted by atomic mass is 9.79. The van der Waals surface area contributed by atoms with Crippen LogP contribution in [-0.2, 0) is 21.5 Å². The van der Waals surface area contributed by atoms with Gasteiger partial charge in [0.1, 0.15) is 11.9 Å². The molecule has 5 rings (SSSR count). The summed E-state index contributed by atoms with van der Waals surface area (Å²) in [6.45, 7) is 4.77. The van der Waals surface area contributed by atoms with E-state index in [1.54, 1.807) is 25.2 Å². The fourth-order valence-electron chi connectivity index (χ4n) is 5.29. The van der Waals surface area contributed by atoms with E-state index in [1.165, 1.54) is 11.1 Å². The summed E-state index contributed by atoms with van der Waals surface area (Å²) in [4.78, 5) is 10.9. The maximum absolute atomic E-state index is 13.4. The summed E-state index contributed by atoms with van der Waals surface area (Å²) < 4.78 is 52.5. The van der Waals surface area contributed by atoms with E-state index in [2.05, 4.69) is 18.8 Å².